The molecule has 0 radical (unpaired) electrons. The van der Waals surface area contributed by atoms with Gasteiger partial charge in [-0.1, -0.05) is 13.8 Å². The number of carbonyl (C=O) groups is 1. The van der Waals surface area contributed by atoms with Crippen molar-refractivity contribution in [3.63, 3.8) is 0 Å². The van der Waals surface area contributed by atoms with Gasteiger partial charge in [-0.25, -0.2) is 0 Å². The van der Waals surface area contributed by atoms with Gasteiger partial charge in [0.15, 0.2) is 0 Å². The van der Waals surface area contributed by atoms with Crippen molar-refractivity contribution in [1.82, 2.24) is 15.1 Å². The molecule has 3 saturated heterocycles. The highest BCUT2D eigenvalue weighted by Gasteiger charge is 2.35. The van der Waals surface area contributed by atoms with Crippen molar-refractivity contribution >= 4 is 30.7 Å². The number of hydrogen-bond donors (Lipinski definition) is 1. The van der Waals surface area contributed by atoms with Gasteiger partial charge in [-0.15, -0.1) is 24.8 Å². The molecule has 4 nitrogen and oxygen atoms in total. The summed E-state index contributed by atoms with van der Waals surface area (Å²) in [6.07, 6.45) is 5.87. The van der Waals surface area contributed by atoms with Crippen LogP contribution in [0.5, 0.6) is 0 Å². The zero-order valence-corrected chi connectivity index (χ0v) is 16.1. The normalized spacial score (nSPS) is 30.7. The van der Waals surface area contributed by atoms with Crippen LogP contribution in [0.25, 0.3) is 0 Å². The molecule has 1 amide bonds. The molecular formula is C17H33Cl2N3O. The summed E-state index contributed by atoms with van der Waals surface area (Å²) in [5.74, 6) is 1.76. The van der Waals surface area contributed by atoms with Crippen molar-refractivity contribution in [3.8, 4) is 0 Å². The van der Waals surface area contributed by atoms with Crippen LogP contribution < -0.4 is 5.32 Å². The molecule has 3 aliphatic heterocycles. The lowest BCUT2D eigenvalue weighted by Crippen LogP contribution is -2.50. The molecule has 3 heterocycles. The fraction of sp³-hybridized carbons (Fsp3) is 0.941. The summed E-state index contributed by atoms with van der Waals surface area (Å²) < 4.78 is 0. The van der Waals surface area contributed by atoms with E-state index in [4.69, 9.17) is 0 Å². The molecule has 6 heteroatoms. The molecule has 0 spiro atoms. The molecule has 3 aliphatic rings. The molecule has 3 rings (SSSR count). The van der Waals surface area contributed by atoms with Gasteiger partial charge in [0, 0.05) is 51.2 Å². The summed E-state index contributed by atoms with van der Waals surface area (Å²) in [7, 11) is 0. The Morgan fingerprint density at radius 1 is 1.04 bits per heavy atom. The number of nitrogens with zero attached hydrogens (tertiary/aromatic N) is 2. The molecule has 136 valence electrons. The standard InChI is InChI=1S/C17H31N3O.2ClH/c1-13(2)12-19-5-7-20(8-6-19)17(21)11-14-9-15-3-4-16(10-14)18-15;;/h13-16,18H,3-12H2,1-2H3;2*1H. The molecule has 23 heavy (non-hydrogen) atoms. The van der Waals surface area contributed by atoms with Crippen molar-refractivity contribution in [2.75, 3.05) is 32.7 Å². The highest BCUT2D eigenvalue weighted by Crippen LogP contribution is 2.33. The lowest BCUT2D eigenvalue weighted by atomic mass is 9.89. The number of carbonyl (C=O) groups excluding carboxylic acids is 1. The topological polar surface area (TPSA) is 35.6 Å². The Kier molecular flexibility index (Phi) is 8.64. The first-order valence-electron chi connectivity index (χ1n) is 8.86. The monoisotopic (exact) mass is 365 g/mol. The number of amides is 1. The van der Waals surface area contributed by atoms with E-state index in [0.29, 0.717) is 23.9 Å². The van der Waals surface area contributed by atoms with E-state index in [1.165, 1.54) is 32.2 Å². The van der Waals surface area contributed by atoms with Crippen LogP contribution >= 0.6 is 24.8 Å². The predicted octanol–water partition coefficient (Wildman–Crippen LogP) is 2.55. The highest BCUT2D eigenvalue weighted by molar-refractivity contribution is 5.85. The van der Waals surface area contributed by atoms with Crippen molar-refractivity contribution in [3.05, 3.63) is 0 Å². The summed E-state index contributed by atoms with van der Waals surface area (Å²) in [5, 5.41) is 3.67. The fourth-order valence-corrected chi connectivity index (χ4v) is 4.41. The van der Waals surface area contributed by atoms with E-state index < -0.39 is 0 Å². The maximum Gasteiger partial charge on any atom is 0.222 e. The molecule has 0 aromatic carbocycles. The first kappa shape index (κ1) is 21.0. The van der Waals surface area contributed by atoms with Gasteiger partial charge in [0.25, 0.3) is 0 Å². The maximum absolute atomic E-state index is 12.5. The molecule has 2 atom stereocenters. The van der Waals surface area contributed by atoms with Gasteiger partial charge in [-0.05, 0) is 37.5 Å². The van der Waals surface area contributed by atoms with E-state index in [1.807, 2.05) is 0 Å². The number of piperidine rings is 1. The van der Waals surface area contributed by atoms with Crippen molar-refractivity contribution in [1.29, 1.82) is 0 Å². The Morgan fingerprint density at radius 3 is 2.13 bits per heavy atom. The molecular weight excluding hydrogens is 333 g/mol. The smallest absolute Gasteiger partial charge is 0.222 e. The van der Waals surface area contributed by atoms with E-state index in [2.05, 4.69) is 29.0 Å². The molecule has 0 aromatic rings. The fourth-order valence-electron chi connectivity index (χ4n) is 4.41. The third-order valence-corrected chi connectivity index (χ3v) is 5.38. The van der Waals surface area contributed by atoms with Gasteiger partial charge in [-0.3, -0.25) is 9.69 Å². The number of hydrogen-bond acceptors (Lipinski definition) is 3. The van der Waals surface area contributed by atoms with E-state index in [1.54, 1.807) is 0 Å². The summed E-state index contributed by atoms with van der Waals surface area (Å²) in [6.45, 7) is 9.68. The molecule has 2 bridgehead atoms. The minimum Gasteiger partial charge on any atom is -0.340 e. The number of piperazine rings is 1. The second-order valence-corrected chi connectivity index (χ2v) is 7.75. The van der Waals surface area contributed by atoms with Gasteiger partial charge < -0.3 is 10.2 Å². The quantitative estimate of drug-likeness (QED) is 0.831. The van der Waals surface area contributed by atoms with Gasteiger partial charge in [0.05, 0.1) is 0 Å². The summed E-state index contributed by atoms with van der Waals surface area (Å²) in [6, 6.07) is 1.40. The Morgan fingerprint density at radius 2 is 1.61 bits per heavy atom. The van der Waals surface area contributed by atoms with Gasteiger partial charge in [0.2, 0.25) is 5.91 Å². The minimum absolute atomic E-state index is 0. The van der Waals surface area contributed by atoms with Gasteiger partial charge in [-0.2, -0.15) is 0 Å². The molecule has 2 unspecified atom stereocenters. The Labute approximate surface area is 153 Å². The first-order chi connectivity index (χ1) is 10.1. The van der Waals surface area contributed by atoms with E-state index in [-0.39, 0.29) is 24.8 Å². The van der Waals surface area contributed by atoms with Gasteiger partial charge in [0.1, 0.15) is 0 Å². The van der Waals surface area contributed by atoms with Crippen LogP contribution in [-0.4, -0.2) is 60.5 Å². The summed E-state index contributed by atoms with van der Waals surface area (Å²) in [5.41, 5.74) is 0. The molecule has 0 aliphatic carbocycles. The van der Waals surface area contributed by atoms with E-state index in [0.717, 1.165) is 38.5 Å². The second kappa shape index (κ2) is 9.45. The highest BCUT2D eigenvalue weighted by atomic mass is 35.5. The van der Waals surface area contributed by atoms with Crippen molar-refractivity contribution < 1.29 is 4.79 Å². The number of fused-ring (bicyclic) bond motifs is 2. The summed E-state index contributed by atoms with van der Waals surface area (Å²) >= 11 is 0. The van der Waals surface area contributed by atoms with E-state index in [9.17, 15) is 4.79 Å². The summed E-state index contributed by atoms with van der Waals surface area (Å²) in [4.78, 5) is 17.1. The SMILES string of the molecule is CC(C)CN1CCN(C(=O)CC2CC3CCC(C2)N3)CC1.Cl.Cl. The average molecular weight is 366 g/mol. The van der Waals surface area contributed by atoms with E-state index >= 15 is 0 Å². The number of halogens is 2. The molecule has 0 aromatic heterocycles. The van der Waals surface area contributed by atoms with Crippen LogP contribution in [-0.2, 0) is 4.79 Å². The van der Waals surface area contributed by atoms with Crippen LogP contribution in [0.1, 0.15) is 46.0 Å². The zero-order valence-electron chi connectivity index (χ0n) is 14.5. The maximum atomic E-state index is 12.5. The molecule has 1 N–H and O–H groups in total. The second-order valence-electron chi connectivity index (χ2n) is 7.75. The van der Waals surface area contributed by atoms with Crippen LogP contribution in [0.15, 0.2) is 0 Å². The lowest BCUT2D eigenvalue weighted by molar-refractivity contribution is -0.134. The van der Waals surface area contributed by atoms with Crippen molar-refractivity contribution in [2.24, 2.45) is 11.8 Å². The third-order valence-electron chi connectivity index (χ3n) is 5.38. The largest absolute Gasteiger partial charge is 0.340 e. The van der Waals surface area contributed by atoms with Crippen LogP contribution in [0.3, 0.4) is 0 Å². The van der Waals surface area contributed by atoms with Gasteiger partial charge >= 0.3 is 0 Å². The Hall–Kier alpha value is -0.0300. The predicted molar refractivity (Wildman–Crippen MR) is 99.6 cm³/mol. The van der Waals surface area contributed by atoms with Crippen LogP contribution in [0, 0.1) is 11.8 Å². The lowest BCUT2D eigenvalue weighted by Gasteiger charge is -2.37. The molecule has 3 fully saturated rings. The average Bonchev–Trinajstić information content (AvgIpc) is 2.78. The van der Waals surface area contributed by atoms with Crippen LogP contribution in [0.2, 0.25) is 0 Å². The third kappa shape index (κ3) is 5.77. The Bertz CT molecular complexity index is 361. The minimum atomic E-state index is 0. The molecule has 0 saturated carbocycles. The van der Waals surface area contributed by atoms with Crippen LogP contribution in [0.4, 0.5) is 0 Å². The van der Waals surface area contributed by atoms with Crippen molar-refractivity contribution in [2.45, 2.75) is 58.0 Å². The Balaban J connectivity index is 0.00000132. The number of nitrogens with one attached hydrogen (secondary N) is 1. The first-order valence-corrected chi connectivity index (χ1v) is 8.86. The number of rotatable bonds is 4. The zero-order chi connectivity index (χ0) is 14.8.